The molecule has 0 atom stereocenters. The molecule has 0 amide bonds. The summed E-state index contributed by atoms with van der Waals surface area (Å²) < 4.78 is 0. The lowest BCUT2D eigenvalue weighted by atomic mass is 10.0. The standard InChI is InChI=1S/C16H22N2/c1-4-9-17-10-12-18(13-11-17)16-7-5-15(6-8-16)14(2)3/h1,5-8,14H,9-13H2,2-3H3. The number of rotatable bonds is 3. The van der Waals surface area contributed by atoms with Gasteiger partial charge in [-0.3, -0.25) is 4.90 Å². The van der Waals surface area contributed by atoms with Crippen LogP contribution in [0.5, 0.6) is 0 Å². The highest BCUT2D eigenvalue weighted by atomic mass is 15.3. The van der Waals surface area contributed by atoms with Gasteiger partial charge in [0.1, 0.15) is 0 Å². The van der Waals surface area contributed by atoms with Gasteiger partial charge >= 0.3 is 0 Å². The Morgan fingerprint density at radius 1 is 1.11 bits per heavy atom. The molecule has 1 aliphatic rings. The first-order valence-corrected chi connectivity index (χ1v) is 6.71. The van der Waals surface area contributed by atoms with Crippen LogP contribution >= 0.6 is 0 Å². The minimum atomic E-state index is 0.603. The Bertz CT molecular complexity index is 406. The highest BCUT2D eigenvalue weighted by molar-refractivity contribution is 5.48. The van der Waals surface area contributed by atoms with E-state index in [9.17, 15) is 0 Å². The summed E-state index contributed by atoms with van der Waals surface area (Å²) in [7, 11) is 0. The average Bonchev–Trinajstić information content (AvgIpc) is 2.40. The van der Waals surface area contributed by atoms with Gasteiger partial charge in [-0.1, -0.05) is 31.9 Å². The molecular formula is C16H22N2. The highest BCUT2D eigenvalue weighted by Gasteiger charge is 2.16. The molecule has 1 fully saturated rings. The Labute approximate surface area is 111 Å². The number of anilines is 1. The van der Waals surface area contributed by atoms with Crippen LogP contribution in [0.2, 0.25) is 0 Å². The molecule has 2 rings (SSSR count). The fraction of sp³-hybridized carbons (Fsp3) is 0.500. The van der Waals surface area contributed by atoms with Gasteiger partial charge in [-0.15, -0.1) is 6.42 Å². The van der Waals surface area contributed by atoms with Gasteiger partial charge in [-0.2, -0.15) is 0 Å². The third-order valence-corrected chi connectivity index (χ3v) is 3.61. The van der Waals surface area contributed by atoms with Crippen LogP contribution in [0.3, 0.4) is 0 Å². The van der Waals surface area contributed by atoms with Crippen molar-refractivity contribution in [2.45, 2.75) is 19.8 Å². The summed E-state index contributed by atoms with van der Waals surface area (Å²) in [5, 5.41) is 0. The number of piperazine rings is 1. The Hall–Kier alpha value is -1.46. The Balaban J connectivity index is 1.95. The number of hydrogen-bond donors (Lipinski definition) is 0. The zero-order chi connectivity index (χ0) is 13.0. The van der Waals surface area contributed by atoms with Gasteiger partial charge in [0.2, 0.25) is 0 Å². The van der Waals surface area contributed by atoms with Crippen molar-refractivity contribution in [3.63, 3.8) is 0 Å². The second-order valence-corrected chi connectivity index (χ2v) is 5.21. The third kappa shape index (κ3) is 3.05. The summed E-state index contributed by atoms with van der Waals surface area (Å²) >= 11 is 0. The molecule has 2 nitrogen and oxygen atoms in total. The van der Waals surface area contributed by atoms with Gasteiger partial charge in [0, 0.05) is 31.9 Å². The van der Waals surface area contributed by atoms with E-state index in [0.717, 1.165) is 32.7 Å². The van der Waals surface area contributed by atoms with Crippen molar-refractivity contribution in [3.8, 4) is 12.3 Å². The molecule has 1 heterocycles. The Morgan fingerprint density at radius 2 is 1.72 bits per heavy atom. The van der Waals surface area contributed by atoms with E-state index in [4.69, 9.17) is 6.42 Å². The van der Waals surface area contributed by atoms with Crippen LogP contribution in [0.4, 0.5) is 5.69 Å². The number of benzene rings is 1. The molecule has 0 radical (unpaired) electrons. The van der Waals surface area contributed by atoms with E-state index in [1.807, 2.05) is 0 Å². The van der Waals surface area contributed by atoms with Gasteiger partial charge in [0.05, 0.1) is 6.54 Å². The van der Waals surface area contributed by atoms with Crippen molar-refractivity contribution in [1.29, 1.82) is 0 Å². The molecule has 1 aromatic rings. The summed E-state index contributed by atoms with van der Waals surface area (Å²) in [6.07, 6.45) is 5.34. The fourth-order valence-corrected chi connectivity index (χ4v) is 2.36. The van der Waals surface area contributed by atoms with Crippen LogP contribution in [0.15, 0.2) is 24.3 Å². The van der Waals surface area contributed by atoms with Gasteiger partial charge in [-0.25, -0.2) is 0 Å². The summed E-state index contributed by atoms with van der Waals surface area (Å²) in [6.45, 7) is 9.51. The topological polar surface area (TPSA) is 6.48 Å². The van der Waals surface area contributed by atoms with Gasteiger partial charge in [0.25, 0.3) is 0 Å². The Kier molecular flexibility index (Phi) is 4.28. The second kappa shape index (κ2) is 5.93. The average molecular weight is 242 g/mol. The molecule has 0 aliphatic carbocycles. The molecule has 0 unspecified atom stereocenters. The summed E-state index contributed by atoms with van der Waals surface area (Å²) in [5.74, 6) is 3.32. The molecule has 0 spiro atoms. The van der Waals surface area contributed by atoms with Crippen LogP contribution in [0.1, 0.15) is 25.3 Å². The molecule has 0 saturated carbocycles. The molecule has 2 heteroatoms. The molecule has 1 aromatic carbocycles. The number of nitrogens with zero attached hydrogens (tertiary/aromatic N) is 2. The second-order valence-electron chi connectivity index (χ2n) is 5.21. The maximum Gasteiger partial charge on any atom is 0.0600 e. The zero-order valence-corrected chi connectivity index (χ0v) is 11.4. The zero-order valence-electron chi connectivity index (χ0n) is 11.4. The minimum Gasteiger partial charge on any atom is -0.369 e. The predicted molar refractivity (Wildman–Crippen MR) is 78.0 cm³/mol. The van der Waals surface area contributed by atoms with Crippen LogP contribution in [0.25, 0.3) is 0 Å². The quantitative estimate of drug-likeness (QED) is 0.752. The first-order chi connectivity index (χ1) is 8.70. The minimum absolute atomic E-state index is 0.603. The lowest BCUT2D eigenvalue weighted by Crippen LogP contribution is -2.46. The fourth-order valence-electron chi connectivity index (χ4n) is 2.36. The van der Waals surface area contributed by atoms with Crippen molar-refractivity contribution in [1.82, 2.24) is 4.90 Å². The van der Waals surface area contributed by atoms with Crippen molar-refractivity contribution < 1.29 is 0 Å². The lowest BCUT2D eigenvalue weighted by molar-refractivity contribution is 0.288. The van der Waals surface area contributed by atoms with E-state index >= 15 is 0 Å². The Morgan fingerprint density at radius 3 is 2.22 bits per heavy atom. The van der Waals surface area contributed by atoms with Gasteiger partial charge in [0.15, 0.2) is 0 Å². The lowest BCUT2D eigenvalue weighted by Gasteiger charge is -2.35. The number of hydrogen-bond acceptors (Lipinski definition) is 2. The summed E-state index contributed by atoms with van der Waals surface area (Å²) in [4.78, 5) is 4.77. The monoisotopic (exact) mass is 242 g/mol. The van der Waals surface area contributed by atoms with Crippen molar-refractivity contribution in [2.24, 2.45) is 0 Å². The first kappa shape index (κ1) is 13.0. The summed E-state index contributed by atoms with van der Waals surface area (Å²) in [6, 6.07) is 8.97. The highest BCUT2D eigenvalue weighted by Crippen LogP contribution is 2.21. The molecule has 1 aliphatic heterocycles. The molecular weight excluding hydrogens is 220 g/mol. The van der Waals surface area contributed by atoms with E-state index in [2.05, 4.69) is 53.8 Å². The van der Waals surface area contributed by atoms with Crippen LogP contribution in [-0.2, 0) is 0 Å². The van der Waals surface area contributed by atoms with Crippen molar-refractivity contribution in [3.05, 3.63) is 29.8 Å². The van der Waals surface area contributed by atoms with E-state index in [-0.39, 0.29) is 0 Å². The molecule has 0 bridgehead atoms. The largest absolute Gasteiger partial charge is 0.369 e. The van der Waals surface area contributed by atoms with Crippen molar-refractivity contribution in [2.75, 3.05) is 37.6 Å². The smallest absolute Gasteiger partial charge is 0.0600 e. The SMILES string of the molecule is C#CCN1CCN(c2ccc(C(C)C)cc2)CC1. The molecule has 0 aromatic heterocycles. The first-order valence-electron chi connectivity index (χ1n) is 6.71. The van der Waals surface area contributed by atoms with E-state index in [1.165, 1.54) is 11.3 Å². The predicted octanol–water partition coefficient (Wildman–Crippen LogP) is 2.57. The molecule has 96 valence electrons. The van der Waals surface area contributed by atoms with E-state index in [1.54, 1.807) is 0 Å². The van der Waals surface area contributed by atoms with Crippen LogP contribution < -0.4 is 4.90 Å². The van der Waals surface area contributed by atoms with Crippen molar-refractivity contribution >= 4 is 5.69 Å². The third-order valence-electron chi connectivity index (χ3n) is 3.61. The van der Waals surface area contributed by atoms with Gasteiger partial charge < -0.3 is 4.90 Å². The molecule has 18 heavy (non-hydrogen) atoms. The maximum atomic E-state index is 5.34. The maximum absolute atomic E-state index is 5.34. The van der Waals surface area contributed by atoms with Crippen LogP contribution in [-0.4, -0.2) is 37.6 Å². The molecule has 1 saturated heterocycles. The van der Waals surface area contributed by atoms with Gasteiger partial charge in [-0.05, 0) is 23.6 Å². The summed E-state index contributed by atoms with van der Waals surface area (Å²) in [5.41, 5.74) is 2.74. The van der Waals surface area contributed by atoms with E-state index < -0.39 is 0 Å². The van der Waals surface area contributed by atoms with E-state index in [0.29, 0.717) is 5.92 Å². The molecule has 0 N–H and O–H groups in total. The van der Waals surface area contributed by atoms with Crippen LogP contribution in [0, 0.1) is 12.3 Å². The number of terminal acetylenes is 1. The normalized spacial score (nSPS) is 16.9.